The zero-order valence-electron chi connectivity index (χ0n) is 17.5. The molecular weight excluding hydrogens is 364 g/mol. The van der Waals surface area contributed by atoms with Crippen LogP contribution < -0.4 is 5.32 Å². The van der Waals surface area contributed by atoms with Crippen LogP contribution in [-0.2, 0) is 4.74 Å². The third-order valence-corrected chi connectivity index (χ3v) is 5.13. The highest BCUT2D eigenvalue weighted by atomic mass is 32.1. The number of carbonyl (C=O) groups is 2. The normalized spacial score (nSPS) is 14.0. The number of nitrogens with zero attached hydrogens (tertiary/aromatic N) is 1. The Morgan fingerprint density at radius 2 is 1.81 bits per heavy atom. The minimum Gasteiger partial charge on any atom is -0.444 e. The summed E-state index contributed by atoms with van der Waals surface area (Å²) in [4.78, 5) is 27.6. The standard InChI is InChI=1S/C20H34N2O4S/c1-8-22(9-2)18(24)16-11-10-15(27-16)17(23)14(12-13(3)4)21-19(25)26-20(5,6)7/h10-11,13-14,17,23H,8-9,12H2,1-7H3,(H,21,25)/t14-,17-/m0/s1. The van der Waals surface area contributed by atoms with Crippen LogP contribution in [0.2, 0.25) is 0 Å². The fourth-order valence-electron chi connectivity index (χ4n) is 2.73. The molecule has 0 aliphatic rings. The molecule has 1 aromatic heterocycles. The van der Waals surface area contributed by atoms with Crippen LogP contribution in [-0.4, -0.2) is 46.7 Å². The fourth-order valence-corrected chi connectivity index (χ4v) is 3.75. The Labute approximate surface area is 166 Å². The molecule has 0 aliphatic heterocycles. The minimum absolute atomic E-state index is 0.0380. The highest BCUT2D eigenvalue weighted by molar-refractivity contribution is 7.14. The number of amides is 2. The van der Waals surface area contributed by atoms with Crippen molar-refractivity contribution in [3.8, 4) is 0 Å². The molecule has 0 saturated carbocycles. The van der Waals surface area contributed by atoms with Crippen LogP contribution in [0.25, 0.3) is 0 Å². The van der Waals surface area contributed by atoms with E-state index in [1.54, 1.807) is 37.8 Å². The van der Waals surface area contributed by atoms with Gasteiger partial charge in [-0.05, 0) is 59.1 Å². The van der Waals surface area contributed by atoms with Gasteiger partial charge in [0.05, 0.1) is 10.9 Å². The van der Waals surface area contributed by atoms with Crippen LogP contribution in [0.3, 0.4) is 0 Å². The summed E-state index contributed by atoms with van der Waals surface area (Å²) in [5.41, 5.74) is -0.607. The number of ether oxygens (including phenoxy) is 1. The molecule has 154 valence electrons. The third kappa shape index (κ3) is 7.50. The topological polar surface area (TPSA) is 78.9 Å². The van der Waals surface area contributed by atoms with Crippen LogP contribution in [0.1, 0.15) is 75.5 Å². The van der Waals surface area contributed by atoms with Gasteiger partial charge in [-0.15, -0.1) is 11.3 Å². The van der Waals surface area contributed by atoms with Gasteiger partial charge in [-0.1, -0.05) is 13.8 Å². The largest absolute Gasteiger partial charge is 0.444 e. The van der Waals surface area contributed by atoms with Gasteiger partial charge in [-0.2, -0.15) is 0 Å². The number of thiophene rings is 1. The molecule has 2 atom stereocenters. The van der Waals surface area contributed by atoms with Crippen LogP contribution in [0.4, 0.5) is 4.79 Å². The molecule has 0 aliphatic carbocycles. The van der Waals surface area contributed by atoms with Crippen LogP contribution in [0.5, 0.6) is 0 Å². The Balaban J connectivity index is 2.94. The van der Waals surface area contributed by atoms with Crippen molar-refractivity contribution in [1.29, 1.82) is 0 Å². The monoisotopic (exact) mass is 398 g/mol. The van der Waals surface area contributed by atoms with Crippen molar-refractivity contribution in [2.24, 2.45) is 5.92 Å². The molecular formula is C20H34N2O4S. The van der Waals surface area contributed by atoms with Gasteiger partial charge in [0.15, 0.2) is 0 Å². The number of rotatable bonds is 8. The first-order chi connectivity index (χ1) is 12.5. The summed E-state index contributed by atoms with van der Waals surface area (Å²) in [5, 5.41) is 13.6. The molecule has 1 heterocycles. The number of hydrogen-bond donors (Lipinski definition) is 2. The molecule has 27 heavy (non-hydrogen) atoms. The summed E-state index contributed by atoms with van der Waals surface area (Å²) in [6, 6.07) is 3.01. The Bertz CT molecular complexity index is 618. The summed E-state index contributed by atoms with van der Waals surface area (Å²) in [5.74, 6) is 0.236. The lowest BCUT2D eigenvalue weighted by Gasteiger charge is -2.27. The fraction of sp³-hybridized carbons (Fsp3) is 0.700. The lowest BCUT2D eigenvalue weighted by Crippen LogP contribution is -2.42. The molecule has 0 unspecified atom stereocenters. The highest BCUT2D eigenvalue weighted by Crippen LogP contribution is 2.29. The molecule has 6 nitrogen and oxygen atoms in total. The van der Waals surface area contributed by atoms with Crippen LogP contribution in [0.15, 0.2) is 12.1 Å². The molecule has 1 rings (SSSR count). The van der Waals surface area contributed by atoms with E-state index >= 15 is 0 Å². The van der Waals surface area contributed by atoms with Crippen molar-refractivity contribution in [3.05, 3.63) is 21.9 Å². The van der Waals surface area contributed by atoms with Crippen molar-refractivity contribution in [3.63, 3.8) is 0 Å². The molecule has 1 aromatic rings. The highest BCUT2D eigenvalue weighted by Gasteiger charge is 2.28. The summed E-state index contributed by atoms with van der Waals surface area (Å²) in [6.45, 7) is 14.6. The molecule has 0 saturated heterocycles. The minimum atomic E-state index is -0.900. The summed E-state index contributed by atoms with van der Waals surface area (Å²) >= 11 is 1.27. The van der Waals surface area contributed by atoms with Crippen molar-refractivity contribution in [1.82, 2.24) is 10.2 Å². The first-order valence-electron chi connectivity index (χ1n) is 9.55. The lowest BCUT2D eigenvalue weighted by molar-refractivity contribution is 0.0406. The van der Waals surface area contributed by atoms with E-state index in [0.717, 1.165) is 0 Å². The predicted octanol–water partition coefficient (Wildman–Crippen LogP) is 4.20. The average Bonchev–Trinajstić information content (AvgIpc) is 3.02. The molecule has 0 bridgehead atoms. The number of carbonyl (C=O) groups excluding carboxylic acids is 2. The number of aliphatic hydroxyl groups is 1. The molecule has 2 amide bonds. The van der Waals surface area contributed by atoms with E-state index in [4.69, 9.17) is 4.74 Å². The van der Waals surface area contributed by atoms with E-state index in [1.165, 1.54) is 11.3 Å². The van der Waals surface area contributed by atoms with Gasteiger partial charge in [0.25, 0.3) is 5.91 Å². The smallest absolute Gasteiger partial charge is 0.407 e. The number of alkyl carbamates (subject to hydrolysis) is 1. The summed E-state index contributed by atoms with van der Waals surface area (Å²) in [6.07, 6.45) is -0.858. The van der Waals surface area contributed by atoms with Gasteiger partial charge in [0.2, 0.25) is 0 Å². The van der Waals surface area contributed by atoms with E-state index < -0.39 is 23.8 Å². The van der Waals surface area contributed by atoms with Crippen LogP contribution >= 0.6 is 11.3 Å². The molecule has 0 spiro atoms. The molecule has 0 aromatic carbocycles. The van der Waals surface area contributed by atoms with E-state index in [9.17, 15) is 14.7 Å². The zero-order valence-corrected chi connectivity index (χ0v) is 18.4. The Hall–Kier alpha value is -1.60. The van der Waals surface area contributed by atoms with E-state index in [0.29, 0.717) is 29.3 Å². The Morgan fingerprint density at radius 1 is 1.22 bits per heavy atom. The van der Waals surface area contributed by atoms with Gasteiger partial charge in [0.1, 0.15) is 11.7 Å². The summed E-state index contributed by atoms with van der Waals surface area (Å²) in [7, 11) is 0. The predicted molar refractivity (Wildman–Crippen MR) is 109 cm³/mol. The maximum Gasteiger partial charge on any atom is 0.407 e. The van der Waals surface area contributed by atoms with Crippen molar-refractivity contribution in [2.45, 2.75) is 72.6 Å². The first-order valence-corrected chi connectivity index (χ1v) is 10.4. The van der Waals surface area contributed by atoms with Crippen molar-refractivity contribution in [2.75, 3.05) is 13.1 Å². The summed E-state index contributed by atoms with van der Waals surface area (Å²) < 4.78 is 5.32. The number of hydrogen-bond acceptors (Lipinski definition) is 5. The molecule has 0 radical (unpaired) electrons. The van der Waals surface area contributed by atoms with Gasteiger partial charge in [-0.25, -0.2) is 4.79 Å². The molecule has 0 fully saturated rings. The van der Waals surface area contributed by atoms with Gasteiger partial charge in [0, 0.05) is 18.0 Å². The van der Waals surface area contributed by atoms with E-state index in [1.807, 2.05) is 27.7 Å². The maximum absolute atomic E-state index is 12.5. The second-order valence-electron chi connectivity index (χ2n) is 8.01. The SMILES string of the molecule is CCN(CC)C(=O)c1ccc([C@@H](O)[C@H](CC(C)C)NC(=O)OC(C)(C)C)s1. The van der Waals surface area contributed by atoms with Gasteiger partial charge >= 0.3 is 6.09 Å². The lowest BCUT2D eigenvalue weighted by atomic mass is 9.98. The second kappa shape index (κ2) is 10.1. The van der Waals surface area contributed by atoms with Crippen molar-refractivity contribution < 1.29 is 19.4 Å². The molecule has 7 heteroatoms. The van der Waals surface area contributed by atoms with Gasteiger partial charge in [-0.3, -0.25) is 4.79 Å². The quantitative estimate of drug-likeness (QED) is 0.688. The Kier molecular flexibility index (Phi) is 8.75. The Morgan fingerprint density at radius 3 is 2.30 bits per heavy atom. The van der Waals surface area contributed by atoms with E-state index in [-0.39, 0.29) is 11.8 Å². The maximum atomic E-state index is 12.5. The first kappa shape index (κ1) is 23.4. The number of aliphatic hydroxyl groups excluding tert-OH is 1. The average molecular weight is 399 g/mol. The van der Waals surface area contributed by atoms with Crippen molar-refractivity contribution >= 4 is 23.3 Å². The van der Waals surface area contributed by atoms with Crippen LogP contribution in [0, 0.1) is 5.92 Å². The van der Waals surface area contributed by atoms with Gasteiger partial charge < -0.3 is 20.1 Å². The molecule has 2 N–H and O–H groups in total. The zero-order chi connectivity index (χ0) is 20.8. The second-order valence-corrected chi connectivity index (χ2v) is 9.12. The number of nitrogens with one attached hydrogen (secondary N) is 1. The van der Waals surface area contributed by atoms with E-state index in [2.05, 4.69) is 5.32 Å². The third-order valence-electron chi connectivity index (χ3n) is 3.99.